The predicted octanol–water partition coefficient (Wildman–Crippen LogP) is 9.77. The molecule has 0 spiro atoms. The Morgan fingerprint density at radius 3 is 1.40 bits per heavy atom. The van der Waals surface area contributed by atoms with E-state index in [9.17, 15) is 45.6 Å². The van der Waals surface area contributed by atoms with Gasteiger partial charge in [-0.05, 0) is 109 Å². The molecule has 440 valence electrons. The highest BCUT2D eigenvalue weighted by atomic mass is 16.7. The van der Waals surface area contributed by atoms with E-state index >= 15 is 0 Å². The highest BCUT2D eigenvalue weighted by Gasteiger charge is 2.51. The van der Waals surface area contributed by atoms with Crippen LogP contribution in [-0.4, -0.2) is 140 Å². The van der Waals surface area contributed by atoms with Gasteiger partial charge in [0.1, 0.15) is 48.8 Å². The van der Waals surface area contributed by atoms with E-state index in [4.69, 9.17) is 18.9 Å². The Balaban J connectivity index is 1.68. The highest BCUT2D eigenvalue weighted by molar-refractivity contribution is 5.76. The Labute approximate surface area is 468 Å². The van der Waals surface area contributed by atoms with Crippen LogP contribution < -0.4 is 5.32 Å². The Bertz CT molecular complexity index is 1860. The molecule has 12 atom stereocenters. The quantitative estimate of drug-likeness (QED) is 0.0205. The first kappa shape index (κ1) is 70.0. The van der Waals surface area contributed by atoms with Crippen LogP contribution in [0.25, 0.3) is 0 Å². The van der Waals surface area contributed by atoms with E-state index in [1.54, 1.807) is 6.08 Å². The standard InChI is InChI=1S/C64H101NO13/c1-3-5-7-9-11-13-14-15-16-17-18-19-20-21-22-23-24-25-26-27-28-29-30-31-32-33-34-35-36-37-38-40-42-44-46-48-56(69)65-52(53(68)47-45-43-41-39-12-10-8-6-4-2)51-75-63-61(74)59(72)62(55(50-67)77-63)78-64-60(73)58(71)57(70)54(49-66)76-64/h5,7,11-13,15-16,18-19,21-22,24-25,27-28,30-31,33-34,36-37,39,45,47,52-55,57-64,66-68,70-74H,3-4,6,8-10,14,17,20,23,26,29,32,35,38,40-44,46,48-51H2,1-2H3,(H,65,69)/b7-5-,13-11-,16-15-,19-18-,22-21-,25-24-,28-27-,31-30-,34-33-,37-36-,39-12+,47-45+. The lowest BCUT2D eigenvalue weighted by Gasteiger charge is -2.46. The van der Waals surface area contributed by atoms with Gasteiger partial charge in [0.15, 0.2) is 12.6 Å². The smallest absolute Gasteiger partial charge is 0.220 e. The van der Waals surface area contributed by atoms with Crippen LogP contribution in [0.1, 0.15) is 155 Å². The van der Waals surface area contributed by atoms with Crippen LogP contribution in [0.15, 0.2) is 146 Å². The maximum atomic E-state index is 13.2. The number of aliphatic hydroxyl groups is 8. The molecule has 0 radical (unpaired) electrons. The van der Waals surface area contributed by atoms with Gasteiger partial charge >= 0.3 is 0 Å². The zero-order chi connectivity index (χ0) is 56.7. The third-order valence-electron chi connectivity index (χ3n) is 13.0. The number of nitrogens with one attached hydrogen (secondary N) is 1. The van der Waals surface area contributed by atoms with Crippen LogP contribution in [0, 0.1) is 0 Å². The molecule has 0 bridgehead atoms. The molecule has 0 aromatic carbocycles. The van der Waals surface area contributed by atoms with Crippen LogP contribution in [0.5, 0.6) is 0 Å². The van der Waals surface area contributed by atoms with Gasteiger partial charge in [-0.3, -0.25) is 4.79 Å². The van der Waals surface area contributed by atoms with Gasteiger partial charge in [-0.15, -0.1) is 0 Å². The molecule has 2 heterocycles. The molecule has 2 saturated heterocycles. The summed E-state index contributed by atoms with van der Waals surface area (Å²) in [7, 11) is 0. The number of hydrogen-bond donors (Lipinski definition) is 9. The number of aliphatic hydroxyl groups excluding tert-OH is 8. The fourth-order valence-corrected chi connectivity index (χ4v) is 8.33. The van der Waals surface area contributed by atoms with E-state index in [1.165, 1.54) is 6.42 Å². The molecule has 2 rings (SSSR count). The monoisotopic (exact) mass is 1090 g/mol. The summed E-state index contributed by atoms with van der Waals surface area (Å²) in [6.45, 7) is 2.54. The number of amides is 1. The summed E-state index contributed by atoms with van der Waals surface area (Å²) in [5, 5.41) is 86.7. The fraction of sp³-hybridized carbons (Fsp3) is 0.609. The molecule has 0 saturated carbocycles. The van der Waals surface area contributed by atoms with Crippen molar-refractivity contribution in [1.29, 1.82) is 0 Å². The van der Waals surface area contributed by atoms with E-state index in [2.05, 4.69) is 153 Å². The van der Waals surface area contributed by atoms with Gasteiger partial charge in [0.25, 0.3) is 0 Å². The SMILES string of the molecule is CC/C=C\C/C=C\C/C=C\C/C=C\C/C=C\C/C=C\C/C=C\C/C=C\C/C=C\C/C=C\CCCCCCC(=O)NC(COC1OC(CO)C(OC2OC(CO)C(O)C(O)C2O)C(O)C1O)C(O)/C=C/CC/C=C/CCCCC. The number of carbonyl (C=O) groups is 1. The molecule has 12 unspecified atom stereocenters. The molecule has 9 N–H and O–H groups in total. The maximum absolute atomic E-state index is 13.2. The van der Waals surface area contributed by atoms with Crippen molar-refractivity contribution in [3.05, 3.63) is 146 Å². The fourth-order valence-electron chi connectivity index (χ4n) is 8.33. The summed E-state index contributed by atoms with van der Waals surface area (Å²) in [6.07, 6.45) is 54.9. The van der Waals surface area contributed by atoms with Gasteiger partial charge in [0.05, 0.1) is 32.0 Å². The maximum Gasteiger partial charge on any atom is 0.220 e. The van der Waals surface area contributed by atoms with Crippen LogP contribution >= 0.6 is 0 Å². The van der Waals surface area contributed by atoms with E-state index in [-0.39, 0.29) is 18.9 Å². The summed E-state index contributed by atoms with van der Waals surface area (Å²) in [4.78, 5) is 13.2. The van der Waals surface area contributed by atoms with Crippen molar-refractivity contribution in [2.24, 2.45) is 0 Å². The summed E-state index contributed by atoms with van der Waals surface area (Å²) in [5.41, 5.74) is 0. The van der Waals surface area contributed by atoms with Crippen molar-refractivity contribution < 1.29 is 64.6 Å². The van der Waals surface area contributed by atoms with E-state index in [1.807, 2.05) is 6.08 Å². The first-order valence-corrected chi connectivity index (χ1v) is 29.1. The molecule has 2 fully saturated rings. The molecule has 2 aliphatic heterocycles. The van der Waals surface area contributed by atoms with Crippen molar-refractivity contribution in [2.45, 2.75) is 229 Å². The number of allylic oxidation sites excluding steroid dienone is 23. The number of ether oxygens (including phenoxy) is 4. The number of carbonyl (C=O) groups excluding carboxylic acids is 1. The molecule has 78 heavy (non-hydrogen) atoms. The second kappa shape index (κ2) is 47.7. The number of hydrogen-bond acceptors (Lipinski definition) is 13. The first-order chi connectivity index (χ1) is 38.1. The molecule has 0 aromatic rings. The summed E-state index contributed by atoms with van der Waals surface area (Å²) in [6, 6.07) is -0.954. The highest BCUT2D eigenvalue weighted by Crippen LogP contribution is 2.30. The molecular formula is C64H101NO13. The lowest BCUT2D eigenvalue weighted by Crippen LogP contribution is -2.65. The predicted molar refractivity (Wildman–Crippen MR) is 313 cm³/mol. The Morgan fingerprint density at radius 1 is 0.474 bits per heavy atom. The Hall–Kier alpha value is -4.13. The van der Waals surface area contributed by atoms with Gasteiger partial charge < -0.3 is 65.1 Å². The lowest BCUT2D eigenvalue weighted by atomic mass is 9.97. The Kier molecular flexibility index (Phi) is 42.8. The Morgan fingerprint density at radius 2 is 0.897 bits per heavy atom. The van der Waals surface area contributed by atoms with Crippen molar-refractivity contribution in [2.75, 3.05) is 19.8 Å². The number of rotatable bonds is 43. The summed E-state index contributed by atoms with van der Waals surface area (Å²) in [5.74, 6) is -0.285. The molecule has 2 aliphatic rings. The molecule has 14 nitrogen and oxygen atoms in total. The average Bonchev–Trinajstić information content (AvgIpc) is 3.44. The van der Waals surface area contributed by atoms with Crippen molar-refractivity contribution in [1.82, 2.24) is 5.32 Å². The minimum atomic E-state index is -1.80. The second-order valence-electron chi connectivity index (χ2n) is 19.7. The molecule has 1 amide bonds. The van der Waals surface area contributed by atoms with Crippen LogP contribution in [0.3, 0.4) is 0 Å². The first-order valence-electron chi connectivity index (χ1n) is 29.1. The third kappa shape index (κ3) is 32.8. The zero-order valence-corrected chi connectivity index (χ0v) is 47.1. The summed E-state index contributed by atoms with van der Waals surface area (Å²) < 4.78 is 22.6. The number of unbranched alkanes of at least 4 members (excludes halogenated alkanes) is 8. The van der Waals surface area contributed by atoms with E-state index < -0.39 is 86.8 Å². The van der Waals surface area contributed by atoms with Crippen LogP contribution in [0.4, 0.5) is 0 Å². The summed E-state index contributed by atoms with van der Waals surface area (Å²) >= 11 is 0. The molecule has 14 heteroatoms. The molecule has 0 aliphatic carbocycles. The topological polar surface area (TPSA) is 228 Å². The minimum absolute atomic E-state index is 0.232. The van der Waals surface area contributed by atoms with E-state index in [0.717, 1.165) is 116 Å². The van der Waals surface area contributed by atoms with E-state index in [0.29, 0.717) is 12.8 Å². The van der Waals surface area contributed by atoms with Gasteiger partial charge in [0.2, 0.25) is 5.91 Å². The van der Waals surface area contributed by atoms with Gasteiger partial charge in [-0.25, -0.2) is 0 Å². The normalized spacial score (nSPS) is 25.7. The van der Waals surface area contributed by atoms with Gasteiger partial charge in [0, 0.05) is 6.42 Å². The molecular weight excluding hydrogens is 991 g/mol. The zero-order valence-electron chi connectivity index (χ0n) is 47.1. The third-order valence-corrected chi connectivity index (χ3v) is 13.0. The van der Waals surface area contributed by atoms with Crippen molar-refractivity contribution in [3.8, 4) is 0 Å². The second-order valence-corrected chi connectivity index (χ2v) is 19.7. The van der Waals surface area contributed by atoms with Gasteiger partial charge in [-0.2, -0.15) is 0 Å². The largest absolute Gasteiger partial charge is 0.394 e. The average molecular weight is 1090 g/mol. The minimum Gasteiger partial charge on any atom is -0.394 e. The lowest BCUT2D eigenvalue weighted by molar-refractivity contribution is -0.359. The van der Waals surface area contributed by atoms with Crippen molar-refractivity contribution in [3.63, 3.8) is 0 Å². The van der Waals surface area contributed by atoms with Gasteiger partial charge in [-0.1, -0.05) is 185 Å². The van der Waals surface area contributed by atoms with Crippen molar-refractivity contribution >= 4 is 5.91 Å². The van der Waals surface area contributed by atoms with Crippen LogP contribution in [0.2, 0.25) is 0 Å². The molecule has 0 aromatic heterocycles. The van der Waals surface area contributed by atoms with Crippen LogP contribution in [-0.2, 0) is 23.7 Å².